The van der Waals surface area contributed by atoms with Crippen molar-refractivity contribution in [3.05, 3.63) is 70.3 Å². The summed E-state index contributed by atoms with van der Waals surface area (Å²) in [6.45, 7) is 10.5. The lowest BCUT2D eigenvalue weighted by molar-refractivity contribution is 0.0772. The zero-order chi connectivity index (χ0) is 26.4. The van der Waals surface area contributed by atoms with E-state index in [2.05, 4.69) is 29.3 Å². The molecule has 37 heavy (non-hydrogen) atoms. The Bertz CT molecular complexity index is 1020. The standard InChI is InChI=1S/C26H33N3O3.C5H10/c1-17-11-18(2)24(19(3)12-17)25(30)29-15-21-13-28(14-22(21)16-29)10-9-23(27-26(31)32)20-7-5-4-6-8-20;1-2-4-5-3-1/h4-8,11-12,21-23,27H,9-10,13-16H2,1-3H3,(H,31,32);1-5H2/t21-,22?,23?;/m0./s1. The van der Waals surface area contributed by atoms with Crippen LogP contribution in [0.2, 0.25) is 0 Å². The smallest absolute Gasteiger partial charge is 0.405 e. The molecule has 6 nitrogen and oxygen atoms in total. The summed E-state index contributed by atoms with van der Waals surface area (Å²) in [5, 5.41) is 11.9. The number of fused-ring (bicyclic) bond motifs is 1. The number of carbonyl (C=O) groups excluding carboxylic acids is 1. The number of carboxylic acid groups (broad SMARTS) is 1. The molecule has 0 spiro atoms. The fourth-order valence-corrected chi connectivity index (χ4v) is 6.47. The minimum atomic E-state index is -0.993. The molecule has 5 rings (SSSR count). The molecule has 1 saturated carbocycles. The van der Waals surface area contributed by atoms with Crippen LogP contribution >= 0.6 is 0 Å². The Kier molecular flexibility index (Phi) is 9.25. The van der Waals surface area contributed by atoms with E-state index < -0.39 is 6.09 Å². The number of rotatable bonds is 6. The summed E-state index contributed by atoms with van der Waals surface area (Å²) in [6, 6.07) is 13.7. The molecule has 2 aromatic carbocycles. The molecular weight excluding hydrogens is 462 g/mol. The number of amides is 2. The Hall–Kier alpha value is -2.86. The van der Waals surface area contributed by atoms with Gasteiger partial charge in [-0.1, -0.05) is 80.1 Å². The third-order valence-corrected chi connectivity index (χ3v) is 8.22. The topological polar surface area (TPSA) is 72.9 Å². The molecule has 200 valence electrons. The Morgan fingerprint density at radius 3 is 1.95 bits per heavy atom. The van der Waals surface area contributed by atoms with Gasteiger partial charge in [0.2, 0.25) is 0 Å². The second-order valence-electron chi connectivity index (χ2n) is 11.2. The Labute approximate surface area is 222 Å². The van der Waals surface area contributed by atoms with Crippen molar-refractivity contribution in [1.29, 1.82) is 0 Å². The lowest BCUT2D eigenvalue weighted by Crippen LogP contribution is -2.35. The summed E-state index contributed by atoms with van der Waals surface area (Å²) in [6.07, 6.45) is 7.24. The summed E-state index contributed by atoms with van der Waals surface area (Å²) in [7, 11) is 0. The minimum absolute atomic E-state index is 0.163. The SMILES string of the molecule is C1CCCC1.Cc1cc(C)c(C(=O)N2CC3CN(CCC(NC(=O)O)c4ccccc4)C[C@H]3C2)c(C)c1. The number of carbonyl (C=O) groups is 2. The predicted molar refractivity (Wildman–Crippen MR) is 148 cm³/mol. The fraction of sp³-hybridized carbons (Fsp3) is 0.548. The maximum absolute atomic E-state index is 13.2. The maximum Gasteiger partial charge on any atom is 0.405 e. The van der Waals surface area contributed by atoms with Gasteiger partial charge in [-0.25, -0.2) is 4.79 Å². The van der Waals surface area contributed by atoms with E-state index in [9.17, 15) is 14.7 Å². The van der Waals surface area contributed by atoms with Crippen molar-refractivity contribution in [3.63, 3.8) is 0 Å². The van der Waals surface area contributed by atoms with E-state index in [1.54, 1.807) is 0 Å². The summed E-state index contributed by atoms with van der Waals surface area (Å²) >= 11 is 0. The van der Waals surface area contributed by atoms with Crippen LogP contribution < -0.4 is 5.32 Å². The monoisotopic (exact) mass is 505 g/mol. The van der Waals surface area contributed by atoms with Crippen LogP contribution in [0.15, 0.2) is 42.5 Å². The molecule has 2 unspecified atom stereocenters. The molecule has 1 aliphatic carbocycles. The molecule has 2 N–H and O–H groups in total. The fourth-order valence-electron chi connectivity index (χ4n) is 6.47. The van der Waals surface area contributed by atoms with Gasteiger partial charge in [0, 0.05) is 38.3 Å². The van der Waals surface area contributed by atoms with Crippen LogP contribution in [0.1, 0.15) is 77.2 Å². The van der Waals surface area contributed by atoms with Crippen LogP contribution in [0.4, 0.5) is 4.79 Å². The molecule has 0 bridgehead atoms. The van der Waals surface area contributed by atoms with E-state index in [-0.39, 0.29) is 11.9 Å². The molecule has 3 aliphatic rings. The first kappa shape index (κ1) is 27.2. The van der Waals surface area contributed by atoms with Crippen LogP contribution in [-0.4, -0.2) is 59.6 Å². The number of nitrogens with zero attached hydrogens (tertiary/aromatic N) is 2. The minimum Gasteiger partial charge on any atom is -0.465 e. The van der Waals surface area contributed by atoms with Crippen molar-refractivity contribution in [2.45, 2.75) is 65.3 Å². The third kappa shape index (κ3) is 7.13. The molecule has 6 heteroatoms. The van der Waals surface area contributed by atoms with Gasteiger partial charge in [-0.3, -0.25) is 4.79 Å². The highest BCUT2D eigenvalue weighted by Gasteiger charge is 2.42. The van der Waals surface area contributed by atoms with E-state index in [1.807, 2.05) is 49.1 Å². The van der Waals surface area contributed by atoms with Crippen molar-refractivity contribution in [1.82, 2.24) is 15.1 Å². The van der Waals surface area contributed by atoms with E-state index in [0.29, 0.717) is 11.8 Å². The Balaban J connectivity index is 0.000000572. The average Bonchev–Trinajstić information content (AvgIpc) is 3.61. The number of hydrogen-bond donors (Lipinski definition) is 2. The number of aryl methyl sites for hydroxylation is 3. The molecule has 2 amide bonds. The number of nitrogens with one attached hydrogen (secondary N) is 1. The highest BCUT2D eigenvalue weighted by molar-refractivity contribution is 5.97. The van der Waals surface area contributed by atoms with Crippen LogP contribution in [0.3, 0.4) is 0 Å². The van der Waals surface area contributed by atoms with Gasteiger partial charge >= 0.3 is 6.09 Å². The van der Waals surface area contributed by atoms with E-state index in [1.165, 1.54) is 37.7 Å². The van der Waals surface area contributed by atoms with Crippen LogP contribution in [0.25, 0.3) is 0 Å². The summed E-state index contributed by atoms with van der Waals surface area (Å²) in [4.78, 5) is 29.0. The highest BCUT2D eigenvalue weighted by Crippen LogP contribution is 2.33. The van der Waals surface area contributed by atoms with Crippen molar-refractivity contribution in [2.24, 2.45) is 11.8 Å². The van der Waals surface area contributed by atoms with Crippen molar-refractivity contribution in [2.75, 3.05) is 32.7 Å². The van der Waals surface area contributed by atoms with Crippen LogP contribution in [-0.2, 0) is 0 Å². The second kappa shape index (κ2) is 12.6. The highest BCUT2D eigenvalue weighted by atomic mass is 16.4. The number of benzene rings is 2. The second-order valence-corrected chi connectivity index (χ2v) is 11.2. The first-order chi connectivity index (χ1) is 17.8. The van der Waals surface area contributed by atoms with Gasteiger partial charge in [-0.2, -0.15) is 0 Å². The van der Waals surface area contributed by atoms with Crippen LogP contribution in [0.5, 0.6) is 0 Å². The van der Waals surface area contributed by atoms with Crippen LogP contribution in [0, 0.1) is 32.6 Å². The van der Waals surface area contributed by atoms with Gasteiger partial charge in [0.05, 0.1) is 6.04 Å². The summed E-state index contributed by atoms with van der Waals surface area (Å²) in [5.74, 6) is 1.15. The van der Waals surface area contributed by atoms with Gasteiger partial charge in [-0.15, -0.1) is 0 Å². The number of likely N-dealkylation sites (tertiary alicyclic amines) is 2. The van der Waals surface area contributed by atoms with Crippen molar-refractivity contribution < 1.29 is 14.7 Å². The first-order valence-corrected chi connectivity index (χ1v) is 14.0. The first-order valence-electron chi connectivity index (χ1n) is 14.0. The normalized spacial score (nSPS) is 21.8. The largest absolute Gasteiger partial charge is 0.465 e. The summed E-state index contributed by atoms with van der Waals surface area (Å²) < 4.78 is 0. The zero-order valence-electron chi connectivity index (χ0n) is 22.7. The van der Waals surface area contributed by atoms with Gasteiger partial charge in [-0.05, 0) is 55.7 Å². The van der Waals surface area contributed by atoms with Gasteiger partial charge in [0.1, 0.15) is 0 Å². The predicted octanol–water partition coefficient (Wildman–Crippen LogP) is 5.97. The molecule has 0 radical (unpaired) electrons. The molecule has 3 atom stereocenters. The summed E-state index contributed by atoms with van der Waals surface area (Å²) in [5.41, 5.74) is 5.16. The van der Waals surface area contributed by atoms with Gasteiger partial charge in [0.25, 0.3) is 5.91 Å². The quantitative estimate of drug-likeness (QED) is 0.508. The van der Waals surface area contributed by atoms with E-state index in [4.69, 9.17) is 0 Å². The van der Waals surface area contributed by atoms with Gasteiger partial charge in [0.15, 0.2) is 0 Å². The molecule has 2 saturated heterocycles. The van der Waals surface area contributed by atoms with Crippen molar-refractivity contribution >= 4 is 12.0 Å². The van der Waals surface area contributed by atoms with Crippen molar-refractivity contribution in [3.8, 4) is 0 Å². The lowest BCUT2D eigenvalue weighted by atomic mass is 9.99. The maximum atomic E-state index is 13.2. The molecule has 2 heterocycles. The molecule has 3 fully saturated rings. The van der Waals surface area contributed by atoms with E-state index >= 15 is 0 Å². The molecule has 2 aliphatic heterocycles. The van der Waals surface area contributed by atoms with E-state index in [0.717, 1.165) is 61.4 Å². The third-order valence-electron chi connectivity index (χ3n) is 8.22. The Morgan fingerprint density at radius 2 is 1.43 bits per heavy atom. The molecular formula is C31H43N3O3. The average molecular weight is 506 g/mol. The zero-order valence-corrected chi connectivity index (χ0v) is 22.7. The Morgan fingerprint density at radius 1 is 0.892 bits per heavy atom. The molecule has 0 aromatic heterocycles. The number of hydrogen-bond acceptors (Lipinski definition) is 3. The van der Waals surface area contributed by atoms with Gasteiger partial charge < -0.3 is 20.2 Å². The molecule has 2 aromatic rings. The lowest BCUT2D eigenvalue weighted by Gasteiger charge is -2.25.